The number of ether oxygens (including phenoxy) is 2. The third-order valence-electron chi connectivity index (χ3n) is 3.90. The van der Waals surface area contributed by atoms with Crippen molar-refractivity contribution in [3.63, 3.8) is 0 Å². The highest BCUT2D eigenvalue weighted by atomic mass is 32.2. The summed E-state index contributed by atoms with van der Waals surface area (Å²) in [6, 6.07) is 6.35. The highest BCUT2D eigenvalue weighted by Crippen LogP contribution is 2.18. The molecule has 10 heteroatoms. The molecule has 0 saturated carbocycles. The number of nitrogens with one attached hydrogen (secondary N) is 1. The Morgan fingerprint density at radius 2 is 1.93 bits per heavy atom. The van der Waals surface area contributed by atoms with Crippen LogP contribution in [0.1, 0.15) is 5.82 Å². The molecule has 2 heterocycles. The molecular weight excluding hydrogens is 375 g/mol. The molecule has 1 aliphatic heterocycles. The molecular formula is C17H21FN4O4S. The number of morpholine rings is 1. The number of hydrogen-bond donors (Lipinski definition) is 1. The second-order valence-corrected chi connectivity index (χ2v) is 7.68. The van der Waals surface area contributed by atoms with Crippen LogP contribution < -0.4 is 14.4 Å². The minimum Gasteiger partial charge on any atom is -0.476 e. The van der Waals surface area contributed by atoms with Gasteiger partial charge in [-0.05, 0) is 31.2 Å². The third-order valence-corrected chi connectivity index (χ3v) is 5.38. The van der Waals surface area contributed by atoms with E-state index in [4.69, 9.17) is 9.47 Å². The molecule has 8 nitrogen and oxygen atoms in total. The van der Waals surface area contributed by atoms with E-state index >= 15 is 0 Å². The predicted octanol–water partition coefficient (Wildman–Crippen LogP) is 1.12. The number of rotatable bonds is 7. The first-order valence-electron chi connectivity index (χ1n) is 8.50. The van der Waals surface area contributed by atoms with Crippen molar-refractivity contribution in [2.45, 2.75) is 11.8 Å². The summed E-state index contributed by atoms with van der Waals surface area (Å²) >= 11 is 0. The first kappa shape index (κ1) is 19.5. The van der Waals surface area contributed by atoms with E-state index in [2.05, 4.69) is 19.6 Å². The Balaban J connectivity index is 1.55. The quantitative estimate of drug-likeness (QED) is 0.701. The van der Waals surface area contributed by atoms with Gasteiger partial charge in [0.1, 0.15) is 24.1 Å². The van der Waals surface area contributed by atoms with Crippen molar-refractivity contribution < 1.29 is 22.3 Å². The Morgan fingerprint density at radius 1 is 1.22 bits per heavy atom. The van der Waals surface area contributed by atoms with Gasteiger partial charge >= 0.3 is 0 Å². The second kappa shape index (κ2) is 8.59. The highest BCUT2D eigenvalue weighted by molar-refractivity contribution is 7.89. The van der Waals surface area contributed by atoms with Gasteiger partial charge < -0.3 is 14.4 Å². The van der Waals surface area contributed by atoms with Crippen LogP contribution in [0, 0.1) is 12.7 Å². The maximum Gasteiger partial charge on any atom is 0.240 e. The fraction of sp³-hybridized carbons (Fsp3) is 0.412. The molecule has 27 heavy (non-hydrogen) atoms. The molecule has 1 fully saturated rings. The van der Waals surface area contributed by atoms with E-state index in [0.717, 1.165) is 31.0 Å². The van der Waals surface area contributed by atoms with Gasteiger partial charge in [0.15, 0.2) is 0 Å². The zero-order valence-corrected chi connectivity index (χ0v) is 15.7. The molecule has 146 valence electrons. The van der Waals surface area contributed by atoms with Crippen LogP contribution >= 0.6 is 0 Å². The molecule has 1 N–H and O–H groups in total. The van der Waals surface area contributed by atoms with E-state index in [0.29, 0.717) is 24.9 Å². The lowest BCUT2D eigenvalue weighted by molar-refractivity contribution is 0.122. The molecule has 0 aliphatic carbocycles. The van der Waals surface area contributed by atoms with Crippen molar-refractivity contribution in [3.05, 3.63) is 42.0 Å². The van der Waals surface area contributed by atoms with Crippen LogP contribution in [-0.4, -0.2) is 57.8 Å². The topological polar surface area (TPSA) is 93.6 Å². The van der Waals surface area contributed by atoms with Crippen LogP contribution in [-0.2, 0) is 14.8 Å². The van der Waals surface area contributed by atoms with E-state index in [9.17, 15) is 12.8 Å². The molecule has 0 radical (unpaired) electrons. The van der Waals surface area contributed by atoms with Crippen molar-refractivity contribution in [2.24, 2.45) is 0 Å². The second-order valence-electron chi connectivity index (χ2n) is 5.91. The van der Waals surface area contributed by atoms with Gasteiger partial charge in [-0.25, -0.2) is 22.5 Å². The summed E-state index contributed by atoms with van der Waals surface area (Å²) in [5.41, 5.74) is 0. The minimum absolute atomic E-state index is 0.00335. The highest BCUT2D eigenvalue weighted by Gasteiger charge is 2.16. The first-order valence-corrected chi connectivity index (χ1v) is 9.99. The lowest BCUT2D eigenvalue weighted by Crippen LogP contribution is -2.37. The molecule has 2 aromatic rings. The molecule has 0 atom stereocenters. The molecule has 0 unspecified atom stereocenters. The summed E-state index contributed by atoms with van der Waals surface area (Å²) in [5, 5.41) is 0. The van der Waals surface area contributed by atoms with Crippen LogP contribution in [0.15, 0.2) is 35.2 Å². The summed E-state index contributed by atoms with van der Waals surface area (Å²) in [7, 11) is -3.72. The van der Waals surface area contributed by atoms with Crippen LogP contribution in [0.25, 0.3) is 0 Å². The van der Waals surface area contributed by atoms with Crippen molar-refractivity contribution in [1.29, 1.82) is 0 Å². The summed E-state index contributed by atoms with van der Waals surface area (Å²) in [6.07, 6.45) is 0. The zero-order valence-electron chi connectivity index (χ0n) is 14.9. The van der Waals surface area contributed by atoms with E-state index in [1.54, 1.807) is 13.0 Å². The maximum absolute atomic E-state index is 12.9. The Labute approximate surface area is 157 Å². The molecule has 0 spiro atoms. The molecule has 1 aromatic heterocycles. The van der Waals surface area contributed by atoms with Crippen LogP contribution in [0.3, 0.4) is 0 Å². The smallest absolute Gasteiger partial charge is 0.240 e. The van der Waals surface area contributed by atoms with Gasteiger partial charge in [-0.1, -0.05) is 0 Å². The van der Waals surface area contributed by atoms with Gasteiger partial charge in [0.25, 0.3) is 0 Å². The maximum atomic E-state index is 12.9. The molecule has 1 aliphatic rings. The van der Waals surface area contributed by atoms with Gasteiger partial charge in [0.2, 0.25) is 15.9 Å². The Hall–Kier alpha value is -2.30. The van der Waals surface area contributed by atoms with Gasteiger partial charge in [0.05, 0.1) is 18.1 Å². The van der Waals surface area contributed by atoms with Crippen molar-refractivity contribution in [3.8, 4) is 5.88 Å². The molecule has 0 bridgehead atoms. The average Bonchev–Trinajstić information content (AvgIpc) is 2.66. The summed E-state index contributed by atoms with van der Waals surface area (Å²) in [6.45, 7) is 4.69. The fourth-order valence-corrected chi connectivity index (χ4v) is 3.60. The summed E-state index contributed by atoms with van der Waals surface area (Å²) in [4.78, 5) is 10.7. The lowest BCUT2D eigenvalue weighted by Gasteiger charge is -2.28. The molecule has 0 amide bonds. The van der Waals surface area contributed by atoms with E-state index in [1.807, 2.05) is 0 Å². The normalized spacial score (nSPS) is 15.0. The number of nitrogens with zero attached hydrogens (tertiary/aromatic N) is 3. The molecule has 3 rings (SSSR count). The van der Waals surface area contributed by atoms with Gasteiger partial charge in [-0.2, -0.15) is 4.98 Å². The fourth-order valence-electron chi connectivity index (χ4n) is 2.58. The Morgan fingerprint density at radius 3 is 2.63 bits per heavy atom. The van der Waals surface area contributed by atoms with E-state index < -0.39 is 15.8 Å². The zero-order chi connectivity index (χ0) is 19.3. The number of benzene rings is 1. The Kier molecular flexibility index (Phi) is 6.19. The van der Waals surface area contributed by atoms with E-state index in [-0.39, 0.29) is 18.0 Å². The first-order chi connectivity index (χ1) is 12.9. The molecule has 1 aromatic carbocycles. The van der Waals surface area contributed by atoms with Crippen LogP contribution in [0.2, 0.25) is 0 Å². The van der Waals surface area contributed by atoms with E-state index in [1.165, 1.54) is 12.1 Å². The van der Waals surface area contributed by atoms with Gasteiger partial charge in [-0.15, -0.1) is 0 Å². The predicted molar refractivity (Wildman–Crippen MR) is 96.9 cm³/mol. The summed E-state index contributed by atoms with van der Waals surface area (Å²) < 4.78 is 50.5. The van der Waals surface area contributed by atoms with Gasteiger partial charge in [0, 0.05) is 25.7 Å². The molecule has 1 saturated heterocycles. The van der Waals surface area contributed by atoms with Crippen LogP contribution in [0.4, 0.5) is 10.2 Å². The van der Waals surface area contributed by atoms with Gasteiger partial charge in [-0.3, -0.25) is 0 Å². The Bertz CT molecular complexity index is 871. The third kappa shape index (κ3) is 5.34. The standard InChI is InChI=1S/C17H21FN4O4S/c1-13-20-16(22-7-10-25-11-8-22)12-17(21-13)26-9-6-19-27(23,24)15-4-2-14(18)3-5-15/h2-5,12,19H,6-11H2,1H3. The average molecular weight is 396 g/mol. The van der Waals surface area contributed by atoms with Crippen molar-refractivity contribution >= 4 is 15.8 Å². The lowest BCUT2D eigenvalue weighted by atomic mass is 10.4. The number of halogens is 1. The number of sulfonamides is 1. The number of aromatic nitrogens is 2. The van der Waals surface area contributed by atoms with Crippen molar-refractivity contribution in [1.82, 2.24) is 14.7 Å². The largest absolute Gasteiger partial charge is 0.476 e. The SMILES string of the molecule is Cc1nc(OCCNS(=O)(=O)c2ccc(F)cc2)cc(N2CCOCC2)n1. The van der Waals surface area contributed by atoms with Crippen LogP contribution in [0.5, 0.6) is 5.88 Å². The number of aryl methyl sites for hydroxylation is 1. The number of anilines is 1. The minimum atomic E-state index is -3.72. The number of hydrogen-bond acceptors (Lipinski definition) is 7. The van der Waals surface area contributed by atoms with Crippen molar-refractivity contribution in [2.75, 3.05) is 44.4 Å². The summed E-state index contributed by atoms with van der Waals surface area (Å²) in [5.74, 6) is 1.21. The monoisotopic (exact) mass is 396 g/mol.